The van der Waals surface area contributed by atoms with Crippen molar-refractivity contribution in [2.45, 2.75) is 11.0 Å². The Morgan fingerprint density at radius 1 is 1.07 bits per heavy atom. The van der Waals surface area contributed by atoms with Gasteiger partial charge in [0.15, 0.2) is 5.82 Å². The highest BCUT2D eigenvalue weighted by atomic mass is 32.2. The standard InChI is InChI=1S/C18H18N6O3S/c25-28(26,14-5-2-1-3-6-14)24-9-10-27-16(13-24)15-11-19-12-17(22-15)23-18-20-7-4-8-21-18/h1-8,11-12,16H,9-10,13H2,(H,20,21,22,23)/t16-/m1/s1. The van der Waals surface area contributed by atoms with Crippen molar-refractivity contribution in [1.29, 1.82) is 0 Å². The fraction of sp³-hybridized carbons (Fsp3) is 0.222. The van der Waals surface area contributed by atoms with Crippen LogP contribution in [0.2, 0.25) is 0 Å². The second-order valence-corrected chi connectivity index (χ2v) is 8.00. The SMILES string of the molecule is O=S(=O)(c1ccccc1)N1CCO[C@@H](c2cncc(Nc3ncccn3)n2)C1. The fourth-order valence-corrected chi connectivity index (χ4v) is 4.28. The Morgan fingerprint density at radius 3 is 2.64 bits per heavy atom. The zero-order chi connectivity index (χ0) is 19.4. The number of sulfonamides is 1. The quantitative estimate of drug-likeness (QED) is 0.692. The Morgan fingerprint density at radius 2 is 1.86 bits per heavy atom. The molecule has 10 heteroatoms. The summed E-state index contributed by atoms with van der Waals surface area (Å²) in [6.07, 6.45) is 5.83. The van der Waals surface area contributed by atoms with Crippen LogP contribution in [-0.4, -0.2) is 52.4 Å². The highest BCUT2D eigenvalue weighted by molar-refractivity contribution is 7.89. The molecular weight excluding hydrogens is 380 g/mol. The van der Waals surface area contributed by atoms with E-state index in [0.717, 1.165) is 0 Å². The van der Waals surface area contributed by atoms with E-state index in [9.17, 15) is 8.42 Å². The van der Waals surface area contributed by atoms with Crippen molar-refractivity contribution < 1.29 is 13.2 Å². The van der Waals surface area contributed by atoms with Crippen LogP contribution in [0.4, 0.5) is 11.8 Å². The fourth-order valence-electron chi connectivity index (χ4n) is 2.84. The van der Waals surface area contributed by atoms with Crippen molar-refractivity contribution in [2.75, 3.05) is 25.0 Å². The first kappa shape index (κ1) is 18.4. The zero-order valence-corrected chi connectivity index (χ0v) is 15.7. The van der Waals surface area contributed by atoms with Gasteiger partial charge in [0, 0.05) is 25.5 Å². The van der Waals surface area contributed by atoms with E-state index in [1.54, 1.807) is 61.2 Å². The molecule has 1 aliphatic heterocycles. The second kappa shape index (κ2) is 7.97. The Labute approximate surface area is 162 Å². The number of anilines is 2. The van der Waals surface area contributed by atoms with Crippen molar-refractivity contribution in [3.05, 3.63) is 66.9 Å². The predicted molar refractivity (Wildman–Crippen MR) is 101 cm³/mol. The minimum atomic E-state index is -3.59. The van der Waals surface area contributed by atoms with Gasteiger partial charge in [-0.25, -0.2) is 23.4 Å². The first-order chi connectivity index (χ1) is 13.6. The molecule has 0 bridgehead atoms. The molecule has 144 valence electrons. The van der Waals surface area contributed by atoms with Gasteiger partial charge in [-0.3, -0.25) is 4.98 Å². The minimum Gasteiger partial charge on any atom is -0.369 e. The van der Waals surface area contributed by atoms with E-state index in [1.165, 1.54) is 4.31 Å². The molecule has 1 atom stereocenters. The van der Waals surface area contributed by atoms with Crippen molar-refractivity contribution in [3.63, 3.8) is 0 Å². The number of hydrogen-bond acceptors (Lipinski definition) is 8. The van der Waals surface area contributed by atoms with Crippen LogP contribution in [0.15, 0.2) is 66.1 Å². The summed E-state index contributed by atoms with van der Waals surface area (Å²) in [6.45, 7) is 0.728. The summed E-state index contributed by atoms with van der Waals surface area (Å²) in [5, 5.41) is 2.97. The van der Waals surface area contributed by atoms with Gasteiger partial charge in [-0.15, -0.1) is 0 Å². The van der Waals surface area contributed by atoms with Crippen LogP contribution in [0, 0.1) is 0 Å². The number of rotatable bonds is 5. The number of benzene rings is 1. The zero-order valence-electron chi connectivity index (χ0n) is 14.8. The molecule has 9 nitrogen and oxygen atoms in total. The molecule has 0 spiro atoms. The number of morpholine rings is 1. The summed E-state index contributed by atoms with van der Waals surface area (Å²) in [6, 6.07) is 10.1. The maximum atomic E-state index is 12.9. The smallest absolute Gasteiger partial charge is 0.243 e. The molecule has 0 saturated carbocycles. The summed E-state index contributed by atoms with van der Waals surface area (Å²) in [5.74, 6) is 0.849. The van der Waals surface area contributed by atoms with E-state index in [0.29, 0.717) is 17.5 Å². The average Bonchev–Trinajstić information content (AvgIpc) is 2.75. The molecule has 28 heavy (non-hydrogen) atoms. The third-order valence-electron chi connectivity index (χ3n) is 4.20. The number of nitrogens with one attached hydrogen (secondary N) is 1. The van der Waals surface area contributed by atoms with Gasteiger partial charge < -0.3 is 10.1 Å². The molecule has 0 amide bonds. The van der Waals surface area contributed by atoms with Crippen molar-refractivity contribution in [2.24, 2.45) is 0 Å². The summed E-state index contributed by atoms with van der Waals surface area (Å²) >= 11 is 0. The van der Waals surface area contributed by atoms with Crippen molar-refractivity contribution in [1.82, 2.24) is 24.2 Å². The Bertz CT molecular complexity index is 1030. The van der Waals surface area contributed by atoms with E-state index in [1.807, 2.05) is 0 Å². The molecule has 1 aliphatic rings. The number of hydrogen-bond donors (Lipinski definition) is 1. The molecule has 0 unspecified atom stereocenters. The Hall–Kier alpha value is -2.95. The lowest BCUT2D eigenvalue weighted by Crippen LogP contribution is -2.42. The molecule has 1 saturated heterocycles. The Kier molecular flexibility index (Phi) is 5.24. The van der Waals surface area contributed by atoms with E-state index in [4.69, 9.17) is 4.74 Å². The van der Waals surface area contributed by atoms with Gasteiger partial charge in [0.1, 0.15) is 6.10 Å². The Balaban J connectivity index is 1.53. The molecule has 0 aliphatic carbocycles. The van der Waals surface area contributed by atoms with E-state index in [-0.39, 0.29) is 24.6 Å². The second-order valence-electron chi connectivity index (χ2n) is 6.06. The van der Waals surface area contributed by atoms with Gasteiger partial charge in [-0.2, -0.15) is 4.31 Å². The molecule has 1 N–H and O–H groups in total. The highest BCUT2D eigenvalue weighted by Gasteiger charge is 2.32. The van der Waals surface area contributed by atoms with Crippen LogP contribution < -0.4 is 5.32 Å². The molecule has 2 aromatic heterocycles. The van der Waals surface area contributed by atoms with Crippen LogP contribution >= 0.6 is 0 Å². The summed E-state index contributed by atoms with van der Waals surface area (Å²) in [4.78, 5) is 17.1. The van der Waals surface area contributed by atoms with Gasteiger partial charge in [0.25, 0.3) is 0 Å². The first-order valence-electron chi connectivity index (χ1n) is 8.66. The average molecular weight is 398 g/mol. The van der Waals surface area contributed by atoms with E-state index >= 15 is 0 Å². The minimum absolute atomic E-state index is 0.164. The topological polar surface area (TPSA) is 110 Å². The maximum Gasteiger partial charge on any atom is 0.243 e. The molecule has 3 heterocycles. The number of nitrogens with zero attached hydrogens (tertiary/aromatic N) is 5. The molecule has 0 radical (unpaired) electrons. The maximum absolute atomic E-state index is 12.9. The lowest BCUT2D eigenvalue weighted by Gasteiger charge is -2.31. The van der Waals surface area contributed by atoms with Crippen LogP contribution in [0.3, 0.4) is 0 Å². The van der Waals surface area contributed by atoms with Crippen LogP contribution in [0.25, 0.3) is 0 Å². The normalized spacial score (nSPS) is 17.9. The lowest BCUT2D eigenvalue weighted by atomic mass is 10.2. The predicted octanol–water partition coefficient (Wildman–Crippen LogP) is 1.77. The highest BCUT2D eigenvalue weighted by Crippen LogP contribution is 2.26. The summed E-state index contributed by atoms with van der Waals surface area (Å²) in [5.41, 5.74) is 0.536. The third-order valence-corrected chi connectivity index (χ3v) is 6.08. The monoisotopic (exact) mass is 398 g/mol. The molecule has 1 fully saturated rings. The molecule has 3 aromatic rings. The van der Waals surface area contributed by atoms with E-state index in [2.05, 4.69) is 25.3 Å². The third kappa shape index (κ3) is 3.98. The molecule has 4 rings (SSSR count). The van der Waals surface area contributed by atoms with Crippen LogP contribution in [-0.2, 0) is 14.8 Å². The lowest BCUT2D eigenvalue weighted by molar-refractivity contribution is -0.00506. The van der Waals surface area contributed by atoms with E-state index < -0.39 is 16.1 Å². The van der Waals surface area contributed by atoms with Crippen LogP contribution in [0.5, 0.6) is 0 Å². The van der Waals surface area contributed by atoms with Crippen molar-refractivity contribution in [3.8, 4) is 0 Å². The van der Waals surface area contributed by atoms with Gasteiger partial charge in [0.05, 0.1) is 29.6 Å². The number of ether oxygens (including phenoxy) is 1. The molecular formula is C18H18N6O3S. The van der Waals surface area contributed by atoms with Crippen molar-refractivity contribution >= 4 is 21.8 Å². The number of aromatic nitrogens is 4. The summed E-state index contributed by atoms with van der Waals surface area (Å²) < 4.78 is 32.9. The van der Waals surface area contributed by atoms with Gasteiger partial charge in [0.2, 0.25) is 16.0 Å². The van der Waals surface area contributed by atoms with Gasteiger partial charge in [-0.05, 0) is 18.2 Å². The van der Waals surface area contributed by atoms with Gasteiger partial charge >= 0.3 is 0 Å². The first-order valence-corrected chi connectivity index (χ1v) is 10.1. The largest absolute Gasteiger partial charge is 0.369 e. The van der Waals surface area contributed by atoms with Crippen LogP contribution in [0.1, 0.15) is 11.8 Å². The molecule has 1 aromatic carbocycles. The summed E-state index contributed by atoms with van der Waals surface area (Å²) in [7, 11) is -3.59. The van der Waals surface area contributed by atoms with Gasteiger partial charge in [-0.1, -0.05) is 18.2 Å².